The largest absolute Gasteiger partial charge is 0.339 e. The minimum absolute atomic E-state index is 0.0487. The molecular formula is C25H26N6O2. The average molecular weight is 443 g/mol. The molecule has 3 heterocycles. The average Bonchev–Trinajstić information content (AvgIpc) is 3.21. The molecule has 6 rings (SSSR count). The maximum atomic E-state index is 13.3. The Morgan fingerprint density at radius 2 is 1.42 bits per heavy atom. The van der Waals surface area contributed by atoms with Crippen LogP contribution >= 0.6 is 0 Å². The van der Waals surface area contributed by atoms with E-state index in [4.69, 9.17) is 0 Å². The molecule has 8 nitrogen and oxygen atoms in total. The molecule has 8 heteroatoms. The first-order valence-corrected chi connectivity index (χ1v) is 11.6. The van der Waals surface area contributed by atoms with Crippen molar-refractivity contribution in [3.8, 4) is 0 Å². The van der Waals surface area contributed by atoms with Crippen molar-refractivity contribution in [3.05, 3.63) is 60.9 Å². The number of carbonyl (C=O) groups excluding carboxylic acids is 2. The van der Waals surface area contributed by atoms with Crippen LogP contribution in [0, 0.1) is 0 Å². The highest BCUT2D eigenvalue weighted by atomic mass is 16.2. The maximum Gasteiger partial charge on any atom is 0.244 e. The Balaban J connectivity index is 1.14. The summed E-state index contributed by atoms with van der Waals surface area (Å²) in [6, 6.07) is 16.2. The lowest BCUT2D eigenvalue weighted by Gasteiger charge is -2.29. The molecule has 1 atom stereocenters. The molecule has 0 spiro atoms. The van der Waals surface area contributed by atoms with E-state index < -0.39 is 0 Å². The molecule has 2 aromatic heterocycles. The van der Waals surface area contributed by atoms with Gasteiger partial charge in [-0.15, -0.1) is 0 Å². The van der Waals surface area contributed by atoms with E-state index in [9.17, 15) is 9.59 Å². The molecule has 1 saturated heterocycles. The van der Waals surface area contributed by atoms with E-state index >= 15 is 0 Å². The first-order chi connectivity index (χ1) is 16.2. The van der Waals surface area contributed by atoms with Gasteiger partial charge in [-0.3, -0.25) is 19.0 Å². The van der Waals surface area contributed by atoms with Gasteiger partial charge in [0.2, 0.25) is 11.8 Å². The smallest absolute Gasteiger partial charge is 0.244 e. The third-order valence-corrected chi connectivity index (χ3v) is 6.81. The van der Waals surface area contributed by atoms with Crippen LogP contribution in [0.2, 0.25) is 0 Å². The molecule has 1 saturated carbocycles. The van der Waals surface area contributed by atoms with E-state index in [1.807, 2.05) is 58.3 Å². The van der Waals surface area contributed by atoms with E-state index in [0.29, 0.717) is 13.1 Å². The van der Waals surface area contributed by atoms with Crippen molar-refractivity contribution in [2.45, 2.75) is 44.4 Å². The zero-order chi connectivity index (χ0) is 22.4. The molecule has 2 fully saturated rings. The van der Waals surface area contributed by atoms with E-state index in [2.05, 4.69) is 10.2 Å². The quantitative estimate of drug-likeness (QED) is 0.460. The lowest BCUT2D eigenvalue weighted by molar-refractivity contribution is -0.136. The number of nitrogens with zero attached hydrogens (tertiary/aromatic N) is 6. The molecule has 168 valence electrons. The number of amides is 2. The zero-order valence-electron chi connectivity index (χ0n) is 18.4. The summed E-state index contributed by atoms with van der Waals surface area (Å²) in [4.78, 5) is 30.3. The molecule has 0 radical (unpaired) electrons. The summed E-state index contributed by atoms with van der Waals surface area (Å²) in [6.45, 7) is 1.70. The lowest BCUT2D eigenvalue weighted by atomic mass is 10.2. The number of hydrogen-bond donors (Lipinski definition) is 0. The number of rotatable bonds is 6. The van der Waals surface area contributed by atoms with Gasteiger partial charge < -0.3 is 9.80 Å². The summed E-state index contributed by atoms with van der Waals surface area (Å²) in [5, 5.41) is 10.9. The number of likely N-dealkylation sites (tertiary alicyclic amines) is 1. The molecule has 4 aromatic rings. The van der Waals surface area contributed by atoms with Crippen LogP contribution in [0.5, 0.6) is 0 Å². The van der Waals surface area contributed by atoms with Gasteiger partial charge in [0.25, 0.3) is 0 Å². The molecular weight excluding hydrogens is 416 g/mol. The third kappa shape index (κ3) is 3.75. The first kappa shape index (κ1) is 20.0. The fraction of sp³-hybridized carbons (Fsp3) is 0.360. The van der Waals surface area contributed by atoms with E-state index in [-0.39, 0.29) is 37.0 Å². The Morgan fingerprint density at radius 1 is 0.818 bits per heavy atom. The molecule has 2 aliphatic rings. The van der Waals surface area contributed by atoms with Gasteiger partial charge in [0, 0.05) is 29.9 Å². The summed E-state index contributed by atoms with van der Waals surface area (Å²) < 4.78 is 3.55. The molecule has 1 aliphatic carbocycles. The normalized spacial score (nSPS) is 18.3. The van der Waals surface area contributed by atoms with Crippen LogP contribution in [-0.2, 0) is 22.7 Å². The molecule has 0 bridgehead atoms. The number of benzene rings is 2. The van der Waals surface area contributed by atoms with Crippen molar-refractivity contribution in [1.29, 1.82) is 0 Å². The Kier molecular flexibility index (Phi) is 4.86. The predicted octanol–water partition coefficient (Wildman–Crippen LogP) is 2.68. The van der Waals surface area contributed by atoms with Gasteiger partial charge in [-0.25, -0.2) is 0 Å². The second-order valence-electron chi connectivity index (χ2n) is 9.04. The second kappa shape index (κ2) is 8.03. The zero-order valence-corrected chi connectivity index (χ0v) is 18.4. The van der Waals surface area contributed by atoms with Crippen molar-refractivity contribution in [3.63, 3.8) is 0 Å². The van der Waals surface area contributed by atoms with Crippen molar-refractivity contribution >= 4 is 33.6 Å². The number of carbonyl (C=O) groups is 2. The van der Waals surface area contributed by atoms with E-state index in [0.717, 1.165) is 41.1 Å². The van der Waals surface area contributed by atoms with Crippen LogP contribution in [0.4, 0.5) is 0 Å². The molecule has 2 amide bonds. The van der Waals surface area contributed by atoms with Gasteiger partial charge in [0.05, 0.1) is 29.5 Å². The predicted molar refractivity (Wildman–Crippen MR) is 124 cm³/mol. The molecule has 2 aromatic carbocycles. The minimum Gasteiger partial charge on any atom is -0.339 e. The standard InChI is InChI=1S/C25H26N6O2/c32-24(16-29-22-7-3-1-5-18(22)13-26-29)28-12-11-21(15-28)31(20-9-10-20)25(33)17-30-23-8-4-2-6-19(23)14-27-30/h1-8,13-14,20-21H,9-12,15-17H2/t21-/m0/s1. The van der Waals surface area contributed by atoms with E-state index in [1.165, 1.54) is 0 Å². The third-order valence-electron chi connectivity index (χ3n) is 6.81. The molecule has 33 heavy (non-hydrogen) atoms. The number of fused-ring (bicyclic) bond motifs is 2. The van der Waals surface area contributed by atoms with E-state index in [1.54, 1.807) is 21.8 Å². The monoisotopic (exact) mass is 442 g/mol. The number of hydrogen-bond acceptors (Lipinski definition) is 4. The highest BCUT2D eigenvalue weighted by Crippen LogP contribution is 2.32. The SMILES string of the molecule is O=C(Cn1ncc2ccccc21)N1CC[C@H](N(C(=O)Cn2ncc3ccccc32)C2CC2)C1. The van der Waals surface area contributed by atoms with Gasteiger partial charge in [-0.05, 0) is 31.4 Å². The van der Waals surface area contributed by atoms with Crippen LogP contribution in [0.1, 0.15) is 19.3 Å². The van der Waals surface area contributed by atoms with Crippen molar-refractivity contribution in [2.24, 2.45) is 0 Å². The Hall–Kier alpha value is -3.68. The molecule has 0 unspecified atom stereocenters. The summed E-state index contributed by atoms with van der Waals surface area (Å²) in [7, 11) is 0. The molecule has 1 aliphatic heterocycles. The van der Waals surface area contributed by atoms with Gasteiger partial charge >= 0.3 is 0 Å². The van der Waals surface area contributed by atoms with Gasteiger partial charge in [0.1, 0.15) is 13.1 Å². The first-order valence-electron chi connectivity index (χ1n) is 11.6. The van der Waals surface area contributed by atoms with Crippen LogP contribution in [0.15, 0.2) is 60.9 Å². The lowest BCUT2D eigenvalue weighted by Crippen LogP contribution is -2.45. The Labute approximate surface area is 191 Å². The minimum atomic E-state index is 0.0487. The van der Waals surface area contributed by atoms with Gasteiger partial charge in [-0.2, -0.15) is 10.2 Å². The molecule has 0 N–H and O–H groups in total. The van der Waals surface area contributed by atoms with Gasteiger partial charge in [0.15, 0.2) is 0 Å². The van der Waals surface area contributed by atoms with Gasteiger partial charge in [-0.1, -0.05) is 36.4 Å². The van der Waals surface area contributed by atoms with Crippen LogP contribution in [0.3, 0.4) is 0 Å². The summed E-state index contributed by atoms with van der Waals surface area (Å²) in [6.07, 6.45) is 6.49. The second-order valence-corrected chi connectivity index (χ2v) is 9.04. The highest BCUT2D eigenvalue weighted by molar-refractivity contribution is 5.83. The maximum absolute atomic E-state index is 13.3. The fourth-order valence-electron chi connectivity index (χ4n) is 5.00. The fourth-order valence-corrected chi connectivity index (χ4v) is 5.00. The Bertz CT molecular complexity index is 1340. The van der Waals surface area contributed by atoms with Crippen molar-refractivity contribution in [1.82, 2.24) is 29.4 Å². The highest BCUT2D eigenvalue weighted by Gasteiger charge is 2.41. The van der Waals surface area contributed by atoms with Crippen LogP contribution in [-0.4, -0.2) is 66.3 Å². The van der Waals surface area contributed by atoms with Crippen LogP contribution < -0.4 is 0 Å². The summed E-state index contributed by atoms with van der Waals surface area (Å²) in [5.74, 6) is 0.136. The topological polar surface area (TPSA) is 76.3 Å². The number of aromatic nitrogens is 4. The number of para-hydroxylation sites is 2. The van der Waals surface area contributed by atoms with Crippen molar-refractivity contribution in [2.75, 3.05) is 13.1 Å². The summed E-state index contributed by atoms with van der Waals surface area (Å²) >= 11 is 0. The summed E-state index contributed by atoms with van der Waals surface area (Å²) in [5.41, 5.74) is 1.93. The van der Waals surface area contributed by atoms with Crippen LogP contribution in [0.25, 0.3) is 21.8 Å². The Morgan fingerprint density at radius 3 is 2.06 bits per heavy atom. The van der Waals surface area contributed by atoms with Crippen molar-refractivity contribution < 1.29 is 9.59 Å².